The summed E-state index contributed by atoms with van der Waals surface area (Å²) in [7, 11) is 0. The molecule has 7 heteroatoms. The van der Waals surface area contributed by atoms with Gasteiger partial charge in [0.2, 0.25) is 5.91 Å². The van der Waals surface area contributed by atoms with Crippen LogP contribution in [0, 0.1) is 0 Å². The zero-order valence-corrected chi connectivity index (χ0v) is 15.9. The zero-order valence-electron chi connectivity index (χ0n) is 14.3. The van der Waals surface area contributed by atoms with E-state index >= 15 is 0 Å². The second kappa shape index (κ2) is 10.0. The molecule has 1 heterocycles. The maximum atomic E-state index is 12.1. The van der Waals surface area contributed by atoms with Crippen LogP contribution in [0.4, 0.5) is 0 Å². The van der Waals surface area contributed by atoms with Crippen LogP contribution in [-0.4, -0.2) is 37.0 Å². The first-order valence-electron chi connectivity index (χ1n) is 8.16. The number of nitrogens with one attached hydrogen (secondary N) is 1. The van der Waals surface area contributed by atoms with Crippen molar-refractivity contribution in [2.75, 3.05) is 25.5 Å². The predicted octanol–water partition coefficient (Wildman–Crippen LogP) is 3.00. The van der Waals surface area contributed by atoms with Gasteiger partial charge < -0.3 is 20.5 Å². The average molecular weight is 375 g/mol. The van der Waals surface area contributed by atoms with E-state index in [9.17, 15) is 4.79 Å². The number of nitrogens with two attached hydrogens (primary N) is 1. The molecule has 0 radical (unpaired) electrons. The molecule has 1 aliphatic rings. The second-order valence-corrected chi connectivity index (χ2v) is 6.81. The van der Waals surface area contributed by atoms with Crippen LogP contribution in [0.5, 0.6) is 11.5 Å². The van der Waals surface area contributed by atoms with E-state index in [0.717, 1.165) is 35.0 Å². The number of fused-ring (bicyclic) bond motifs is 1. The van der Waals surface area contributed by atoms with E-state index in [2.05, 4.69) is 19.2 Å². The van der Waals surface area contributed by atoms with Crippen molar-refractivity contribution in [1.29, 1.82) is 0 Å². The maximum absolute atomic E-state index is 12.1. The number of hydrogen-bond donors (Lipinski definition) is 2. The van der Waals surface area contributed by atoms with Crippen molar-refractivity contribution < 1.29 is 14.3 Å². The summed E-state index contributed by atoms with van der Waals surface area (Å²) in [6, 6.07) is 5.89. The normalized spacial score (nSPS) is 13.1. The van der Waals surface area contributed by atoms with Crippen molar-refractivity contribution >= 4 is 30.1 Å². The van der Waals surface area contributed by atoms with Gasteiger partial charge in [-0.1, -0.05) is 13.8 Å². The third-order valence-electron chi connectivity index (χ3n) is 4.26. The van der Waals surface area contributed by atoms with Gasteiger partial charge in [0.05, 0.1) is 5.54 Å². The van der Waals surface area contributed by atoms with E-state index in [1.54, 1.807) is 11.8 Å². The summed E-state index contributed by atoms with van der Waals surface area (Å²) >= 11 is 1.64. The topological polar surface area (TPSA) is 73.6 Å². The Bertz CT molecular complexity index is 530. The van der Waals surface area contributed by atoms with Gasteiger partial charge >= 0.3 is 0 Å². The monoisotopic (exact) mass is 374 g/mol. The smallest absolute Gasteiger partial charge is 0.221 e. The highest BCUT2D eigenvalue weighted by molar-refractivity contribution is 7.99. The highest BCUT2D eigenvalue weighted by atomic mass is 35.5. The van der Waals surface area contributed by atoms with Crippen molar-refractivity contribution in [2.45, 2.75) is 43.5 Å². The largest absolute Gasteiger partial charge is 0.486 e. The van der Waals surface area contributed by atoms with E-state index in [-0.39, 0.29) is 23.9 Å². The van der Waals surface area contributed by atoms with Crippen LogP contribution in [-0.2, 0) is 4.79 Å². The minimum atomic E-state index is -0.265. The van der Waals surface area contributed by atoms with Crippen molar-refractivity contribution in [1.82, 2.24) is 5.32 Å². The van der Waals surface area contributed by atoms with Crippen molar-refractivity contribution in [2.24, 2.45) is 5.73 Å². The molecule has 3 N–H and O–H groups in total. The Balaban J connectivity index is 0.00000288. The fourth-order valence-electron chi connectivity index (χ4n) is 2.50. The van der Waals surface area contributed by atoms with E-state index in [1.165, 1.54) is 0 Å². The Labute approximate surface area is 154 Å². The predicted molar refractivity (Wildman–Crippen MR) is 101 cm³/mol. The summed E-state index contributed by atoms with van der Waals surface area (Å²) in [5.74, 6) is 2.35. The van der Waals surface area contributed by atoms with Crippen molar-refractivity contribution in [3.8, 4) is 11.5 Å². The number of benzene rings is 1. The number of carbonyl (C=O) groups is 1. The summed E-state index contributed by atoms with van der Waals surface area (Å²) in [5, 5.41) is 3.09. The van der Waals surface area contributed by atoms with Gasteiger partial charge in [-0.25, -0.2) is 0 Å². The number of ether oxygens (including phenoxy) is 2. The van der Waals surface area contributed by atoms with Gasteiger partial charge in [-0.2, -0.15) is 0 Å². The fraction of sp³-hybridized carbons (Fsp3) is 0.588. The van der Waals surface area contributed by atoms with Gasteiger partial charge in [0.15, 0.2) is 11.5 Å². The molecule has 24 heavy (non-hydrogen) atoms. The van der Waals surface area contributed by atoms with Crippen LogP contribution in [0.25, 0.3) is 0 Å². The number of thioether (sulfide) groups is 1. The molecule has 1 aromatic rings. The molecule has 0 atom stereocenters. The lowest BCUT2D eigenvalue weighted by molar-refractivity contribution is -0.122. The minimum absolute atomic E-state index is 0. The van der Waals surface area contributed by atoms with Gasteiger partial charge in [-0.05, 0) is 31.0 Å². The number of halogens is 1. The molecule has 5 nitrogen and oxygen atoms in total. The van der Waals surface area contributed by atoms with Gasteiger partial charge in [0.1, 0.15) is 13.2 Å². The number of rotatable bonds is 8. The summed E-state index contributed by atoms with van der Waals surface area (Å²) in [4.78, 5) is 13.2. The standard InChI is InChI=1S/C17H26N2O3S.ClH/c1-3-17(4-2,12-18)19-16(20)7-10-23-13-5-6-14-15(11-13)22-9-8-21-14;/h5-6,11H,3-4,7-10,12,18H2,1-2H3,(H,19,20);1H. The first-order chi connectivity index (χ1) is 11.1. The van der Waals surface area contributed by atoms with Crippen LogP contribution >= 0.6 is 24.2 Å². The van der Waals surface area contributed by atoms with Crippen molar-refractivity contribution in [3.63, 3.8) is 0 Å². The Kier molecular flexibility index (Phi) is 8.73. The molecule has 0 spiro atoms. The lowest BCUT2D eigenvalue weighted by Gasteiger charge is -2.31. The van der Waals surface area contributed by atoms with Gasteiger partial charge in [-0.15, -0.1) is 24.2 Å². The van der Waals surface area contributed by atoms with Crippen LogP contribution in [0.15, 0.2) is 23.1 Å². The summed E-state index contributed by atoms with van der Waals surface area (Å²) in [6.45, 7) is 5.76. The van der Waals surface area contributed by atoms with Crippen LogP contribution < -0.4 is 20.5 Å². The van der Waals surface area contributed by atoms with Crippen LogP contribution in [0.1, 0.15) is 33.1 Å². The van der Waals surface area contributed by atoms with E-state index < -0.39 is 0 Å². The summed E-state index contributed by atoms with van der Waals surface area (Å²) in [6.07, 6.45) is 2.17. The Hall–Kier alpha value is -1.11. The molecule has 1 aromatic carbocycles. The summed E-state index contributed by atoms with van der Waals surface area (Å²) < 4.78 is 11.1. The molecule has 0 unspecified atom stereocenters. The summed E-state index contributed by atoms with van der Waals surface area (Å²) in [5.41, 5.74) is 5.55. The molecular formula is C17H27ClN2O3S. The maximum Gasteiger partial charge on any atom is 0.221 e. The molecule has 1 aliphatic heterocycles. The molecule has 0 bridgehead atoms. The van der Waals surface area contributed by atoms with Crippen LogP contribution in [0.3, 0.4) is 0 Å². The van der Waals surface area contributed by atoms with E-state index in [4.69, 9.17) is 15.2 Å². The molecule has 0 saturated carbocycles. The molecule has 0 saturated heterocycles. The highest BCUT2D eigenvalue weighted by Gasteiger charge is 2.25. The highest BCUT2D eigenvalue weighted by Crippen LogP contribution is 2.34. The molecule has 0 aromatic heterocycles. The SMILES string of the molecule is CCC(CC)(CN)NC(=O)CCSc1ccc2c(c1)OCCO2.Cl. The van der Waals surface area contributed by atoms with E-state index in [0.29, 0.717) is 26.2 Å². The lowest BCUT2D eigenvalue weighted by Crippen LogP contribution is -2.52. The first-order valence-corrected chi connectivity index (χ1v) is 9.14. The van der Waals surface area contributed by atoms with Gasteiger partial charge in [0, 0.05) is 23.6 Å². The molecular weight excluding hydrogens is 348 g/mol. The first kappa shape index (κ1) is 20.9. The molecule has 136 valence electrons. The molecule has 0 fully saturated rings. The van der Waals surface area contributed by atoms with Gasteiger partial charge in [-0.3, -0.25) is 4.79 Å². The van der Waals surface area contributed by atoms with Crippen LogP contribution in [0.2, 0.25) is 0 Å². The second-order valence-electron chi connectivity index (χ2n) is 5.64. The third kappa shape index (κ3) is 5.46. The van der Waals surface area contributed by atoms with E-state index in [1.807, 2.05) is 18.2 Å². The Morgan fingerprint density at radius 3 is 2.54 bits per heavy atom. The number of hydrogen-bond acceptors (Lipinski definition) is 5. The fourth-order valence-corrected chi connectivity index (χ4v) is 3.38. The zero-order chi connectivity index (χ0) is 16.7. The quantitative estimate of drug-likeness (QED) is 0.684. The number of amides is 1. The van der Waals surface area contributed by atoms with Crippen molar-refractivity contribution in [3.05, 3.63) is 18.2 Å². The number of carbonyl (C=O) groups excluding carboxylic acids is 1. The Morgan fingerprint density at radius 2 is 1.92 bits per heavy atom. The average Bonchev–Trinajstić information content (AvgIpc) is 2.60. The van der Waals surface area contributed by atoms with Gasteiger partial charge in [0.25, 0.3) is 0 Å². The third-order valence-corrected chi connectivity index (χ3v) is 5.26. The molecule has 1 amide bonds. The molecule has 0 aliphatic carbocycles. The Morgan fingerprint density at radius 1 is 1.25 bits per heavy atom. The lowest BCUT2D eigenvalue weighted by atomic mass is 9.93. The minimum Gasteiger partial charge on any atom is -0.486 e. The molecule has 2 rings (SSSR count).